The predicted molar refractivity (Wildman–Crippen MR) is 119 cm³/mol. The molecule has 0 unspecified atom stereocenters. The van der Waals surface area contributed by atoms with E-state index in [-0.39, 0.29) is 15.6 Å². The lowest BCUT2D eigenvalue weighted by Crippen LogP contribution is -2.14. The van der Waals surface area contributed by atoms with Gasteiger partial charge in [-0.1, -0.05) is 73.6 Å². The summed E-state index contributed by atoms with van der Waals surface area (Å²) in [6, 6.07) is 17.6. The maximum Gasteiger partial charge on any atom is 0.512 e. The quantitative estimate of drug-likeness (QED) is 0.311. The van der Waals surface area contributed by atoms with Gasteiger partial charge in [0.1, 0.15) is 5.69 Å². The molecule has 30 heavy (non-hydrogen) atoms. The summed E-state index contributed by atoms with van der Waals surface area (Å²) in [7, 11) is -3.90. The van der Waals surface area contributed by atoms with Gasteiger partial charge in [-0.15, -0.1) is 0 Å². The van der Waals surface area contributed by atoms with Gasteiger partial charge in [0.25, 0.3) is 10.0 Å². The first-order chi connectivity index (χ1) is 14.4. The highest BCUT2D eigenvalue weighted by atomic mass is 32.2. The van der Waals surface area contributed by atoms with E-state index in [4.69, 9.17) is 9.84 Å². The van der Waals surface area contributed by atoms with Gasteiger partial charge in [0, 0.05) is 4.88 Å². The van der Waals surface area contributed by atoms with Crippen LogP contribution in [0.3, 0.4) is 0 Å². The summed E-state index contributed by atoms with van der Waals surface area (Å²) >= 11 is 1.06. The van der Waals surface area contributed by atoms with E-state index in [1.54, 1.807) is 18.2 Å². The van der Waals surface area contributed by atoms with Crippen molar-refractivity contribution in [2.45, 2.75) is 37.5 Å². The largest absolute Gasteiger partial charge is 0.512 e. The molecule has 0 radical (unpaired) electrons. The number of sulfonamides is 1. The number of anilines is 1. The Labute approximate surface area is 180 Å². The monoisotopic (exact) mass is 445 g/mol. The van der Waals surface area contributed by atoms with Gasteiger partial charge in [0.15, 0.2) is 0 Å². The third kappa shape index (κ3) is 5.61. The molecule has 2 N–H and O–H groups in total. The third-order valence-corrected chi connectivity index (χ3v) is 6.93. The molecular weight excluding hydrogens is 422 g/mol. The molecule has 0 amide bonds. The molecule has 2 aromatic carbocycles. The number of hydrogen-bond donors (Lipinski definition) is 2. The Morgan fingerprint density at radius 1 is 1.07 bits per heavy atom. The molecule has 0 bridgehead atoms. The second-order valence-electron chi connectivity index (χ2n) is 6.75. The maximum absolute atomic E-state index is 12.8. The van der Waals surface area contributed by atoms with Gasteiger partial charge in [0.05, 0.1) is 4.90 Å². The number of benzene rings is 2. The Kier molecular flexibility index (Phi) is 7.12. The van der Waals surface area contributed by atoms with Crippen molar-refractivity contribution in [3.63, 3.8) is 0 Å². The van der Waals surface area contributed by atoms with E-state index in [0.29, 0.717) is 4.88 Å². The molecule has 3 rings (SSSR count). The summed E-state index contributed by atoms with van der Waals surface area (Å²) < 4.78 is 33.0. The number of unbranched alkanes of at least 4 members (excludes halogenated alkanes) is 2. The number of hydrogen-bond acceptors (Lipinski definition) is 5. The number of carboxylic acid groups (broad SMARTS) is 1. The number of aryl methyl sites for hydroxylation is 1. The van der Waals surface area contributed by atoms with E-state index < -0.39 is 16.2 Å². The summed E-state index contributed by atoms with van der Waals surface area (Å²) in [5, 5.41) is 8.99. The first-order valence-corrected chi connectivity index (χ1v) is 11.9. The molecule has 3 aromatic rings. The van der Waals surface area contributed by atoms with Gasteiger partial charge < -0.3 is 9.84 Å². The van der Waals surface area contributed by atoms with Crippen LogP contribution in [0.2, 0.25) is 0 Å². The summed E-state index contributed by atoms with van der Waals surface area (Å²) in [6.07, 6.45) is 2.73. The van der Waals surface area contributed by atoms with Crippen LogP contribution in [-0.2, 0) is 16.4 Å². The Balaban J connectivity index is 1.84. The van der Waals surface area contributed by atoms with Gasteiger partial charge in [-0.05, 0) is 42.2 Å². The standard InChI is InChI=1S/C22H23NO5S2/c1-2-3-5-8-16-11-13-18(14-12-16)30(26,27)23-19-15-20(17-9-6-4-7-10-17)29-21(19)28-22(24)25/h4,6-7,9-15,23H,2-3,5,8H2,1H3,(H,24,25). The lowest BCUT2D eigenvalue weighted by molar-refractivity contribution is 0.146. The number of ether oxygens (including phenoxy) is 1. The zero-order valence-electron chi connectivity index (χ0n) is 16.5. The van der Waals surface area contributed by atoms with Crippen LogP contribution in [0.25, 0.3) is 10.4 Å². The van der Waals surface area contributed by atoms with Gasteiger partial charge in [-0.25, -0.2) is 13.2 Å². The van der Waals surface area contributed by atoms with E-state index in [2.05, 4.69) is 11.6 Å². The van der Waals surface area contributed by atoms with Crippen LogP contribution >= 0.6 is 11.3 Å². The van der Waals surface area contributed by atoms with E-state index >= 15 is 0 Å². The van der Waals surface area contributed by atoms with E-state index in [0.717, 1.165) is 48.1 Å². The van der Waals surface area contributed by atoms with Gasteiger partial charge in [-0.3, -0.25) is 4.72 Å². The molecule has 1 aromatic heterocycles. The summed E-state index contributed by atoms with van der Waals surface area (Å²) in [6.45, 7) is 2.14. The lowest BCUT2D eigenvalue weighted by Gasteiger charge is -2.09. The molecule has 0 spiro atoms. The second kappa shape index (κ2) is 9.77. The molecule has 1 heterocycles. The Hall–Kier alpha value is -2.84. The second-order valence-corrected chi connectivity index (χ2v) is 9.45. The highest BCUT2D eigenvalue weighted by Gasteiger charge is 2.21. The molecule has 0 fully saturated rings. The molecule has 0 saturated heterocycles. The minimum atomic E-state index is -3.90. The number of rotatable bonds is 9. The Morgan fingerprint density at radius 2 is 1.77 bits per heavy atom. The Bertz CT molecular complexity index is 1090. The van der Waals surface area contributed by atoms with Crippen molar-refractivity contribution >= 4 is 33.2 Å². The van der Waals surface area contributed by atoms with Crippen LogP contribution in [0.5, 0.6) is 5.06 Å². The first-order valence-electron chi connectivity index (χ1n) is 9.61. The summed E-state index contributed by atoms with van der Waals surface area (Å²) in [5.74, 6) is 0. The molecule has 158 valence electrons. The smallest absolute Gasteiger partial charge is 0.449 e. The Morgan fingerprint density at radius 3 is 2.40 bits per heavy atom. The lowest BCUT2D eigenvalue weighted by atomic mass is 10.1. The summed E-state index contributed by atoms with van der Waals surface area (Å²) in [4.78, 5) is 11.9. The SMILES string of the molecule is CCCCCc1ccc(S(=O)(=O)Nc2cc(-c3ccccc3)sc2OC(=O)O)cc1. The molecule has 0 aliphatic heterocycles. The van der Waals surface area contributed by atoms with Crippen LogP contribution in [-0.4, -0.2) is 19.7 Å². The van der Waals surface area contributed by atoms with Crippen LogP contribution in [0.15, 0.2) is 65.6 Å². The van der Waals surface area contributed by atoms with Crippen molar-refractivity contribution in [2.75, 3.05) is 4.72 Å². The zero-order valence-corrected chi connectivity index (χ0v) is 18.1. The molecule has 0 saturated carbocycles. The topological polar surface area (TPSA) is 92.7 Å². The van der Waals surface area contributed by atoms with Crippen LogP contribution < -0.4 is 9.46 Å². The zero-order chi connectivity index (χ0) is 21.6. The van der Waals surface area contributed by atoms with E-state index in [1.807, 2.05) is 42.5 Å². The fourth-order valence-electron chi connectivity index (χ4n) is 2.96. The highest BCUT2D eigenvalue weighted by Crippen LogP contribution is 2.41. The fourth-order valence-corrected chi connectivity index (χ4v) is 5.04. The third-order valence-electron chi connectivity index (χ3n) is 4.48. The highest BCUT2D eigenvalue weighted by molar-refractivity contribution is 7.92. The van der Waals surface area contributed by atoms with Crippen molar-refractivity contribution in [2.24, 2.45) is 0 Å². The minimum absolute atomic E-state index is 0.0267. The van der Waals surface area contributed by atoms with Crippen molar-refractivity contribution < 1.29 is 23.1 Å². The van der Waals surface area contributed by atoms with E-state index in [9.17, 15) is 13.2 Å². The average Bonchev–Trinajstić information content (AvgIpc) is 3.10. The predicted octanol–water partition coefficient (Wildman–Crippen LogP) is 6.01. The molecule has 0 aliphatic rings. The number of nitrogens with one attached hydrogen (secondary N) is 1. The fraction of sp³-hybridized carbons (Fsp3) is 0.227. The number of carbonyl (C=O) groups is 1. The van der Waals surface area contributed by atoms with Gasteiger partial charge >= 0.3 is 6.16 Å². The van der Waals surface area contributed by atoms with Gasteiger partial charge in [0.2, 0.25) is 5.06 Å². The van der Waals surface area contributed by atoms with E-state index in [1.165, 1.54) is 0 Å². The molecule has 0 aliphatic carbocycles. The van der Waals surface area contributed by atoms with Crippen LogP contribution in [0.1, 0.15) is 31.7 Å². The van der Waals surface area contributed by atoms with Gasteiger partial charge in [-0.2, -0.15) is 0 Å². The molecule has 0 atom stereocenters. The van der Waals surface area contributed by atoms with Crippen molar-refractivity contribution in [1.29, 1.82) is 0 Å². The molecule has 6 nitrogen and oxygen atoms in total. The maximum atomic E-state index is 12.8. The first kappa shape index (κ1) is 21.9. The van der Waals surface area contributed by atoms with Crippen molar-refractivity contribution in [3.05, 3.63) is 66.2 Å². The normalized spacial score (nSPS) is 11.2. The molecule has 8 heteroatoms. The van der Waals surface area contributed by atoms with Crippen molar-refractivity contribution in [1.82, 2.24) is 0 Å². The van der Waals surface area contributed by atoms with Crippen LogP contribution in [0, 0.1) is 0 Å². The molecular formula is C22H23NO5S2. The number of thiophene rings is 1. The summed E-state index contributed by atoms with van der Waals surface area (Å²) in [5.41, 5.74) is 2.01. The minimum Gasteiger partial charge on any atom is -0.449 e. The van der Waals surface area contributed by atoms with Crippen molar-refractivity contribution in [3.8, 4) is 15.5 Å². The van der Waals surface area contributed by atoms with Crippen LogP contribution in [0.4, 0.5) is 10.5 Å². The average molecular weight is 446 g/mol.